The molecule has 0 unspecified atom stereocenters. The van der Waals surface area contributed by atoms with E-state index in [4.69, 9.17) is 4.42 Å². The molecule has 0 saturated carbocycles. The summed E-state index contributed by atoms with van der Waals surface area (Å²) in [5.41, 5.74) is 0. The fraction of sp³-hybridized carbons (Fsp3) is 0.0833. The Morgan fingerprint density at radius 1 is 1.11 bits per heavy atom. The maximum Gasteiger partial charge on any atom is 0.185 e. The van der Waals surface area contributed by atoms with Gasteiger partial charge in [-0.1, -0.05) is 0 Å². The SMILES string of the molecule is O=Cc1ccc(CS(=O)(=O)c2ccc(F)cc2)o1. The van der Waals surface area contributed by atoms with Crippen LogP contribution in [0.4, 0.5) is 4.39 Å². The van der Waals surface area contributed by atoms with Crippen molar-refractivity contribution in [3.05, 3.63) is 53.7 Å². The van der Waals surface area contributed by atoms with Gasteiger partial charge in [0.15, 0.2) is 21.9 Å². The Balaban J connectivity index is 2.26. The Morgan fingerprint density at radius 3 is 2.33 bits per heavy atom. The van der Waals surface area contributed by atoms with E-state index in [9.17, 15) is 17.6 Å². The summed E-state index contributed by atoms with van der Waals surface area (Å²) in [6.07, 6.45) is 0.494. The predicted molar refractivity (Wildman–Crippen MR) is 61.4 cm³/mol. The summed E-state index contributed by atoms with van der Waals surface area (Å²) >= 11 is 0. The third-order valence-corrected chi connectivity index (χ3v) is 3.96. The van der Waals surface area contributed by atoms with E-state index in [-0.39, 0.29) is 22.2 Å². The van der Waals surface area contributed by atoms with Crippen molar-refractivity contribution in [2.24, 2.45) is 0 Å². The van der Waals surface area contributed by atoms with Gasteiger partial charge in [-0.15, -0.1) is 0 Å². The van der Waals surface area contributed by atoms with Crippen LogP contribution in [-0.4, -0.2) is 14.7 Å². The molecule has 2 rings (SSSR count). The zero-order valence-electron chi connectivity index (χ0n) is 9.17. The van der Waals surface area contributed by atoms with Gasteiger partial charge in [0.25, 0.3) is 0 Å². The molecule has 1 heterocycles. The highest BCUT2D eigenvalue weighted by atomic mass is 32.2. The molecule has 0 aliphatic rings. The van der Waals surface area contributed by atoms with Crippen molar-refractivity contribution in [3.63, 3.8) is 0 Å². The second-order valence-corrected chi connectivity index (χ2v) is 5.62. The van der Waals surface area contributed by atoms with E-state index in [2.05, 4.69) is 0 Å². The van der Waals surface area contributed by atoms with Crippen LogP contribution in [0.5, 0.6) is 0 Å². The minimum absolute atomic E-state index is 0.00736. The van der Waals surface area contributed by atoms with Crippen LogP contribution in [0, 0.1) is 5.82 Å². The number of aldehydes is 1. The first-order chi connectivity index (χ1) is 8.51. The molecule has 0 atom stereocenters. The van der Waals surface area contributed by atoms with E-state index in [1.54, 1.807) is 0 Å². The van der Waals surface area contributed by atoms with Gasteiger partial charge in [0, 0.05) is 0 Å². The van der Waals surface area contributed by atoms with Crippen LogP contribution >= 0.6 is 0 Å². The predicted octanol–water partition coefficient (Wildman–Crippen LogP) is 2.21. The molecule has 0 aliphatic carbocycles. The number of benzene rings is 1. The molecule has 0 radical (unpaired) electrons. The molecule has 2 aromatic rings. The topological polar surface area (TPSA) is 64.3 Å². The zero-order chi connectivity index (χ0) is 13.2. The Morgan fingerprint density at radius 2 is 1.78 bits per heavy atom. The first kappa shape index (κ1) is 12.5. The Labute approximate surface area is 103 Å². The normalized spacial score (nSPS) is 11.4. The van der Waals surface area contributed by atoms with Crippen LogP contribution in [0.15, 0.2) is 45.7 Å². The third kappa shape index (κ3) is 2.65. The number of sulfone groups is 1. The molecule has 94 valence electrons. The van der Waals surface area contributed by atoms with E-state index in [0.717, 1.165) is 12.1 Å². The van der Waals surface area contributed by atoms with E-state index < -0.39 is 15.7 Å². The van der Waals surface area contributed by atoms with Crippen LogP contribution in [-0.2, 0) is 15.6 Å². The van der Waals surface area contributed by atoms with Gasteiger partial charge < -0.3 is 4.42 Å². The highest BCUT2D eigenvalue weighted by molar-refractivity contribution is 7.90. The molecule has 0 amide bonds. The number of rotatable bonds is 4. The summed E-state index contributed by atoms with van der Waals surface area (Å²) in [6, 6.07) is 7.34. The van der Waals surface area contributed by atoms with Gasteiger partial charge in [-0.25, -0.2) is 12.8 Å². The molecule has 4 nitrogen and oxygen atoms in total. The molecular weight excluding hydrogens is 259 g/mol. The highest BCUT2D eigenvalue weighted by Crippen LogP contribution is 2.18. The Hall–Kier alpha value is -1.95. The van der Waals surface area contributed by atoms with E-state index >= 15 is 0 Å². The van der Waals surface area contributed by atoms with Gasteiger partial charge in [0.1, 0.15) is 17.3 Å². The van der Waals surface area contributed by atoms with Gasteiger partial charge in [-0.3, -0.25) is 4.79 Å². The quantitative estimate of drug-likeness (QED) is 0.630. The number of carbonyl (C=O) groups excluding carboxylic acids is 1. The zero-order valence-corrected chi connectivity index (χ0v) is 9.98. The lowest BCUT2D eigenvalue weighted by atomic mass is 10.4. The van der Waals surface area contributed by atoms with Gasteiger partial charge in [0.2, 0.25) is 0 Å². The van der Waals surface area contributed by atoms with E-state index in [1.807, 2.05) is 0 Å². The van der Waals surface area contributed by atoms with Crippen molar-refractivity contribution in [3.8, 4) is 0 Å². The van der Waals surface area contributed by atoms with Crippen molar-refractivity contribution in [2.75, 3.05) is 0 Å². The monoisotopic (exact) mass is 268 g/mol. The van der Waals surface area contributed by atoms with Crippen molar-refractivity contribution >= 4 is 16.1 Å². The van der Waals surface area contributed by atoms with Crippen LogP contribution in [0.2, 0.25) is 0 Å². The number of carbonyl (C=O) groups is 1. The number of halogens is 1. The van der Waals surface area contributed by atoms with Crippen molar-refractivity contribution < 1.29 is 22.0 Å². The van der Waals surface area contributed by atoms with Crippen LogP contribution < -0.4 is 0 Å². The number of hydrogen-bond donors (Lipinski definition) is 0. The molecule has 1 aromatic heterocycles. The van der Waals surface area contributed by atoms with Gasteiger partial charge >= 0.3 is 0 Å². The molecule has 0 N–H and O–H groups in total. The molecule has 0 aliphatic heterocycles. The molecule has 0 spiro atoms. The maximum absolute atomic E-state index is 12.7. The summed E-state index contributed by atoms with van der Waals surface area (Å²) in [7, 11) is -3.60. The van der Waals surface area contributed by atoms with Gasteiger partial charge in [-0.05, 0) is 36.4 Å². The molecule has 1 aromatic carbocycles. The third-order valence-electron chi connectivity index (χ3n) is 2.30. The Kier molecular flexibility index (Phi) is 3.29. The lowest BCUT2D eigenvalue weighted by Crippen LogP contribution is -2.04. The largest absolute Gasteiger partial charge is 0.457 e. The molecular formula is C12H9FO4S. The smallest absolute Gasteiger partial charge is 0.185 e. The number of furan rings is 1. The van der Waals surface area contributed by atoms with Crippen molar-refractivity contribution in [2.45, 2.75) is 10.6 Å². The van der Waals surface area contributed by atoms with Crippen LogP contribution in [0.1, 0.15) is 16.3 Å². The minimum atomic E-state index is -3.60. The fourth-order valence-electron chi connectivity index (χ4n) is 1.45. The second kappa shape index (κ2) is 4.73. The summed E-state index contributed by atoms with van der Waals surface area (Å²) in [5.74, 6) is -0.636. The average molecular weight is 268 g/mol. The van der Waals surface area contributed by atoms with E-state index in [1.165, 1.54) is 24.3 Å². The summed E-state index contributed by atoms with van der Waals surface area (Å²) in [5, 5.41) is 0. The molecule has 6 heteroatoms. The minimum Gasteiger partial charge on any atom is -0.457 e. The second-order valence-electron chi connectivity index (χ2n) is 3.63. The molecule has 0 bridgehead atoms. The van der Waals surface area contributed by atoms with Gasteiger partial charge in [-0.2, -0.15) is 0 Å². The first-order valence-corrected chi connectivity index (χ1v) is 6.69. The lowest BCUT2D eigenvalue weighted by molar-refractivity contribution is 0.109. The summed E-state index contributed by atoms with van der Waals surface area (Å²) in [4.78, 5) is 10.4. The molecule has 0 fully saturated rings. The standard InChI is InChI=1S/C12H9FO4S/c13-9-1-5-12(6-2-9)18(15,16)8-11-4-3-10(7-14)17-11/h1-7H,8H2. The first-order valence-electron chi connectivity index (χ1n) is 5.03. The number of hydrogen-bond acceptors (Lipinski definition) is 4. The van der Waals surface area contributed by atoms with Gasteiger partial charge in [0.05, 0.1) is 4.90 Å². The summed E-state index contributed by atoms with van der Waals surface area (Å²) < 4.78 is 41.6. The molecule has 18 heavy (non-hydrogen) atoms. The lowest BCUT2D eigenvalue weighted by Gasteiger charge is -2.02. The van der Waals surface area contributed by atoms with Crippen molar-refractivity contribution in [1.29, 1.82) is 0 Å². The highest BCUT2D eigenvalue weighted by Gasteiger charge is 2.17. The maximum atomic E-state index is 12.7. The van der Waals surface area contributed by atoms with Crippen LogP contribution in [0.3, 0.4) is 0 Å². The average Bonchev–Trinajstić information content (AvgIpc) is 2.76. The fourth-order valence-corrected chi connectivity index (χ4v) is 2.70. The van der Waals surface area contributed by atoms with Crippen molar-refractivity contribution in [1.82, 2.24) is 0 Å². The van der Waals surface area contributed by atoms with Crippen LogP contribution in [0.25, 0.3) is 0 Å². The summed E-state index contributed by atoms with van der Waals surface area (Å²) in [6.45, 7) is 0. The van der Waals surface area contributed by atoms with E-state index in [0.29, 0.717) is 6.29 Å². The Bertz CT molecular complexity index is 656. The molecule has 0 saturated heterocycles.